The lowest BCUT2D eigenvalue weighted by Gasteiger charge is -2.11. The average Bonchev–Trinajstić information content (AvgIpc) is 3.57. The molecule has 0 spiro atoms. The van der Waals surface area contributed by atoms with Crippen molar-refractivity contribution >= 4 is 0 Å². The third kappa shape index (κ3) is 4.89. The minimum atomic E-state index is 0.0161. The van der Waals surface area contributed by atoms with Gasteiger partial charge in [0.25, 0.3) is 0 Å². The third-order valence-corrected chi connectivity index (χ3v) is 6.92. The van der Waals surface area contributed by atoms with Gasteiger partial charge in [-0.3, -0.25) is 9.13 Å². The van der Waals surface area contributed by atoms with Crippen LogP contribution in [0.5, 0.6) is 0 Å². The molecule has 2 aromatic heterocycles. The number of aryl methyl sites for hydroxylation is 3. The molecule has 0 aliphatic carbocycles. The Hall–Kier alpha value is -4.26. The Kier molecular flexibility index (Phi) is 7.12. The first-order valence-electron chi connectivity index (χ1n) is 12.9. The van der Waals surface area contributed by atoms with Crippen LogP contribution < -0.4 is 5.69 Å². The molecule has 7 heteroatoms. The number of aromatic amines is 1. The number of rotatable bonds is 9. The smallest absolute Gasteiger partial charge is 0.292 e. The van der Waals surface area contributed by atoms with Gasteiger partial charge in [0.1, 0.15) is 0 Å². The molecule has 0 aliphatic heterocycles. The highest BCUT2D eigenvalue weighted by Crippen LogP contribution is 2.30. The molecule has 0 aliphatic rings. The molecule has 37 heavy (non-hydrogen) atoms. The highest BCUT2D eigenvalue weighted by atomic mass is 16.1. The van der Waals surface area contributed by atoms with Crippen molar-refractivity contribution in [3.05, 3.63) is 106 Å². The summed E-state index contributed by atoms with van der Waals surface area (Å²) in [6.45, 7) is 6.93. The largest absolute Gasteiger partial charge is 0.333 e. The van der Waals surface area contributed by atoms with E-state index in [-0.39, 0.29) is 5.69 Å². The van der Waals surface area contributed by atoms with Gasteiger partial charge >= 0.3 is 5.69 Å². The molecule has 0 atom stereocenters. The van der Waals surface area contributed by atoms with Gasteiger partial charge in [-0.25, -0.2) is 9.89 Å². The number of hydrogen-bond donors (Lipinski definition) is 1. The van der Waals surface area contributed by atoms with Gasteiger partial charge in [-0.15, -0.1) is 5.10 Å². The Morgan fingerprint density at radius 2 is 1.70 bits per heavy atom. The fourth-order valence-electron chi connectivity index (χ4n) is 4.95. The molecule has 3 aromatic carbocycles. The number of H-pyrrole nitrogens is 1. The van der Waals surface area contributed by atoms with Crippen molar-refractivity contribution in [2.24, 2.45) is 0 Å². The zero-order valence-electron chi connectivity index (χ0n) is 21.6. The fraction of sp³-hybridized carbons (Fsp3) is 0.267. The van der Waals surface area contributed by atoms with Gasteiger partial charge in [0.15, 0.2) is 5.82 Å². The van der Waals surface area contributed by atoms with Crippen LogP contribution in [0.3, 0.4) is 0 Å². The Bertz CT molecular complexity index is 1540. The van der Waals surface area contributed by atoms with Crippen LogP contribution in [0.1, 0.15) is 49.1 Å². The summed E-state index contributed by atoms with van der Waals surface area (Å²) in [5.41, 5.74) is 8.55. The first-order chi connectivity index (χ1) is 18.1. The van der Waals surface area contributed by atoms with E-state index in [0.717, 1.165) is 64.9 Å². The van der Waals surface area contributed by atoms with E-state index in [4.69, 9.17) is 0 Å². The van der Waals surface area contributed by atoms with Gasteiger partial charge in [-0.05, 0) is 64.4 Å². The summed E-state index contributed by atoms with van der Waals surface area (Å²) in [7, 11) is 0. The number of tetrazole rings is 1. The molecular formula is C30H32N6O. The molecule has 0 saturated heterocycles. The maximum Gasteiger partial charge on any atom is 0.333 e. The first-order valence-corrected chi connectivity index (χ1v) is 12.9. The zero-order valence-corrected chi connectivity index (χ0v) is 21.6. The lowest BCUT2D eigenvalue weighted by Crippen LogP contribution is -2.25. The third-order valence-electron chi connectivity index (χ3n) is 6.92. The number of aromatic nitrogens is 6. The van der Waals surface area contributed by atoms with E-state index in [1.807, 2.05) is 27.3 Å². The monoisotopic (exact) mass is 492 g/mol. The second kappa shape index (κ2) is 10.8. The second-order valence-corrected chi connectivity index (χ2v) is 9.39. The number of hydrogen-bond acceptors (Lipinski definition) is 4. The van der Waals surface area contributed by atoms with Gasteiger partial charge in [0, 0.05) is 17.5 Å². The first kappa shape index (κ1) is 24.4. The summed E-state index contributed by atoms with van der Waals surface area (Å²) in [5.74, 6) is 0.635. The van der Waals surface area contributed by atoms with Gasteiger partial charge < -0.3 is 0 Å². The van der Waals surface area contributed by atoms with Crippen LogP contribution in [0.2, 0.25) is 0 Å². The Balaban J connectivity index is 1.50. The number of benzene rings is 3. The van der Waals surface area contributed by atoms with Crippen molar-refractivity contribution < 1.29 is 0 Å². The van der Waals surface area contributed by atoms with Gasteiger partial charge in [0.2, 0.25) is 0 Å². The molecule has 1 N–H and O–H groups in total. The van der Waals surface area contributed by atoms with Gasteiger partial charge in [0.05, 0.1) is 12.2 Å². The quantitative estimate of drug-likeness (QED) is 0.284. The molecule has 0 amide bonds. The van der Waals surface area contributed by atoms with E-state index in [1.165, 1.54) is 5.56 Å². The molecule has 5 rings (SSSR count). The average molecular weight is 493 g/mol. The van der Waals surface area contributed by atoms with Gasteiger partial charge in [-0.2, -0.15) is 0 Å². The topological polar surface area (TPSA) is 81.4 Å². The Morgan fingerprint density at radius 1 is 0.919 bits per heavy atom. The predicted molar refractivity (Wildman–Crippen MR) is 147 cm³/mol. The van der Waals surface area contributed by atoms with Crippen molar-refractivity contribution in [1.29, 1.82) is 0 Å². The molecule has 0 bridgehead atoms. The number of para-hydroxylation sites is 1. The van der Waals surface area contributed by atoms with Crippen LogP contribution >= 0.6 is 0 Å². The lowest BCUT2D eigenvalue weighted by atomic mass is 9.98. The normalized spacial score (nSPS) is 11.2. The standard InChI is InChI=1S/C30H32N6O/c1-4-6-12-25-20-36(28-21(3)10-9-11-23(28)5-2)30(37)35(25)19-22-15-17-24(18-16-22)26-13-7-8-14-27(26)29-31-33-34-32-29/h7-11,13-18,20H,4-6,12,19H2,1-3H3,(H,31,32,33,34). The number of imidazole rings is 1. The van der Waals surface area contributed by atoms with Crippen LogP contribution in [0.15, 0.2) is 77.7 Å². The maximum absolute atomic E-state index is 13.7. The van der Waals surface area contributed by atoms with Crippen LogP contribution in [-0.4, -0.2) is 29.8 Å². The van der Waals surface area contributed by atoms with Crippen molar-refractivity contribution in [1.82, 2.24) is 29.8 Å². The van der Waals surface area contributed by atoms with E-state index in [9.17, 15) is 4.79 Å². The van der Waals surface area contributed by atoms with Crippen molar-refractivity contribution in [2.45, 2.75) is 53.0 Å². The van der Waals surface area contributed by atoms with E-state index in [1.54, 1.807) is 0 Å². The molecule has 0 fully saturated rings. The number of unbranched alkanes of at least 4 members (excludes halogenated alkanes) is 1. The zero-order chi connectivity index (χ0) is 25.8. The molecule has 188 valence electrons. The lowest BCUT2D eigenvalue weighted by molar-refractivity contribution is 0.673. The minimum absolute atomic E-state index is 0.0161. The van der Waals surface area contributed by atoms with E-state index >= 15 is 0 Å². The van der Waals surface area contributed by atoms with Crippen molar-refractivity contribution in [3.63, 3.8) is 0 Å². The van der Waals surface area contributed by atoms with Crippen LogP contribution in [0, 0.1) is 6.92 Å². The molecule has 2 heterocycles. The van der Waals surface area contributed by atoms with Crippen molar-refractivity contribution in [2.75, 3.05) is 0 Å². The summed E-state index contributed by atoms with van der Waals surface area (Å²) in [4.78, 5) is 13.7. The predicted octanol–water partition coefficient (Wildman–Crippen LogP) is 5.75. The molecule has 7 nitrogen and oxygen atoms in total. The minimum Gasteiger partial charge on any atom is -0.292 e. The summed E-state index contributed by atoms with van der Waals surface area (Å²) < 4.78 is 3.79. The summed E-state index contributed by atoms with van der Waals surface area (Å²) in [6.07, 6.45) is 5.94. The van der Waals surface area contributed by atoms with Crippen LogP contribution in [0.25, 0.3) is 28.2 Å². The highest BCUT2D eigenvalue weighted by molar-refractivity contribution is 5.80. The maximum atomic E-state index is 13.7. The molecule has 5 aromatic rings. The molecule has 0 saturated carbocycles. The van der Waals surface area contributed by atoms with E-state index in [0.29, 0.717) is 12.4 Å². The number of nitrogens with zero attached hydrogens (tertiary/aromatic N) is 5. The summed E-state index contributed by atoms with van der Waals surface area (Å²) >= 11 is 0. The van der Waals surface area contributed by atoms with Crippen LogP contribution in [-0.2, 0) is 19.4 Å². The Morgan fingerprint density at radius 3 is 2.41 bits per heavy atom. The molecule has 0 unspecified atom stereocenters. The Labute approximate surface area is 216 Å². The molecule has 0 radical (unpaired) electrons. The second-order valence-electron chi connectivity index (χ2n) is 9.39. The van der Waals surface area contributed by atoms with Crippen LogP contribution in [0.4, 0.5) is 0 Å². The van der Waals surface area contributed by atoms with E-state index in [2.05, 4.69) is 96.1 Å². The highest BCUT2D eigenvalue weighted by Gasteiger charge is 2.17. The van der Waals surface area contributed by atoms with Crippen molar-refractivity contribution in [3.8, 4) is 28.2 Å². The SMILES string of the molecule is CCCCc1cn(-c2c(C)cccc2CC)c(=O)n1Cc1ccc(-c2ccccc2-c2nnn[nH]2)cc1. The molecular weight excluding hydrogens is 460 g/mol. The fourth-order valence-corrected chi connectivity index (χ4v) is 4.95. The summed E-state index contributed by atoms with van der Waals surface area (Å²) in [6, 6.07) is 22.7. The van der Waals surface area contributed by atoms with E-state index < -0.39 is 0 Å². The summed E-state index contributed by atoms with van der Waals surface area (Å²) in [5, 5.41) is 14.4. The number of nitrogens with one attached hydrogen (secondary N) is 1. The van der Waals surface area contributed by atoms with Gasteiger partial charge in [-0.1, -0.05) is 87.0 Å².